The van der Waals surface area contributed by atoms with Gasteiger partial charge in [-0.15, -0.1) is 0 Å². The van der Waals surface area contributed by atoms with Crippen molar-refractivity contribution < 1.29 is 23.7 Å². The van der Waals surface area contributed by atoms with E-state index in [-0.39, 0.29) is 24.3 Å². The number of allylic oxidation sites excluding steroid dienone is 1. The van der Waals surface area contributed by atoms with Crippen molar-refractivity contribution in [3.63, 3.8) is 0 Å². The maximum atomic E-state index is 14.0. The summed E-state index contributed by atoms with van der Waals surface area (Å²) in [5, 5.41) is 1.07. The van der Waals surface area contributed by atoms with Crippen molar-refractivity contribution in [1.29, 1.82) is 0 Å². The van der Waals surface area contributed by atoms with Crippen molar-refractivity contribution in [2.24, 2.45) is 4.99 Å². The Labute approximate surface area is 262 Å². The molecule has 0 saturated heterocycles. The number of hydrogen-bond acceptors (Lipinski definition) is 8. The van der Waals surface area contributed by atoms with Crippen LogP contribution in [0, 0.1) is 0 Å². The van der Waals surface area contributed by atoms with Crippen LogP contribution in [0.4, 0.5) is 0 Å². The monoisotopic (exact) mass is 638 g/mol. The third-order valence-corrected chi connectivity index (χ3v) is 8.39. The minimum atomic E-state index is -0.822. The Kier molecular flexibility index (Phi) is 9.25. The van der Waals surface area contributed by atoms with Gasteiger partial charge in [0.05, 0.1) is 36.6 Å². The van der Waals surface area contributed by atoms with E-state index >= 15 is 0 Å². The number of hydrogen-bond donors (Lipinski definition) is 0. The smallest absolute Gasteiger partial charge is 0.338 e. The first-order chi connectivity index (χ1) is 20.7. The Morgan fingerprint density at radius 3 is 2.58 bits per heavy atom. The first-order valence-corrected chi connectivity index (χ1v) is 14.9. The van der Waals surface area contributed by atoms with Crippen LogP contribution in [0.25, 0.3) is 6.08 Å². The first-order valence-electron chi connectivity index (χ1n) is 13.3. The number of esters is 1. The molecule has 43 heavy (non-hydrogen) atoms. The molecule has 0 fully saturated rings. The Morgan fingerprint density at radius 1 is 1.05 bits per heavy atom. The second-order valence-electron chi connectivity index (χ2n) is 9.51. The molecule has 11 heteroatoms. The molecule has 0 amide bonds. The number of carbonyl (C=O) groups excluding carboxylic acids is 1. The average Bonchev–Trinajstić information content (AvgIpc) is 3.29. The molecule has 5 rings (SSSR count). The molecule has 8 nitrogen and oxygen atoms in total. The molecule has 4 aromatic rings. The molecule has 222 valence electrons. The summed E-state index contributed by atoms with van der Waals surface area (Å²) in [5.74, 6) is 1.09. The summed E-state index contributed by atoms with van der Waals surface area (Å²) in [6, 6.07) is 17.1. The quantitative estimate of drug-likeness (QED) is 0.219. The standard InChI is InChI=1S/C32H28Cl2N2O6S/c1-5-41-31(38)28-18(2)35-32-36(29(28)24-12-11-22(39-3)16-26(24)40-4)30(37)27(43-32)14-19-7-6-8-23(13-19)42-17-20-9-10-21(33)15-25(20)34/h6-16,29H,5,17H2,1-4H3/b27-14-/t29-/m1/s1. The lowest BCUT2D eigenvalue weighted by Crippen LogP contribution is -2.40. The number of rotatable bonds is 9. The zero-order chi connectivity index (χ0) is 30.7. The van der Waals surface area contributed by atoms with Crippen LogP contribution in [0.1, 0.15) is 36.6 Å². The molecule has 0 unspecified atom stereocenters. The van der Waals surface area contributed by atoms with Crippen LogP contribution in [0.15, 0.2) is 81.7 Å². The molecular formula is C32H28Cl2N2O6S. The van der Waals surface area contributed by atoms with Gasteiger partial charge in [0.2, 0.25) is 0 Å². The molecule has 1 atom stereocenters. The lowest BCUT2D eigenvalue weighted by atomic mass is 9.95. The van der Waals surface area contributed by atoms with Crippen LogP contribution < -0.4 is 29.1 Å². The van der Waals surface area contributed by atoms with Gasteiger partial charge in [-0.25, -0.2) is 9.79 Å². The van der Waals surface area contributed by atoms with Gasteiger partial charge in [-0.05, 0) is 61.9 Å². The highest BCUT2D eigenvalue weighted by Crippen LogP contribution is 2.37. The fourth-order valence-corrected chi connectivity index (χ4v) is 6.29. The van der Waals surface area contributed by atoms with E-state index in [0.29, 0.717) is 47.9 Å². The van der Waals surface area contributed by atoms with Gasteiger partial charge in [-0.3, -0.25) is 9.36 Å². The zero-order valence-electron chi connectivity index (χ0n) is 23.9. The number of nitrogens with zero attached hydrogens (tertiary/aromatic N) is 2. The number of thiazole rings is 1. The van der Waals surface area contributed by atoms with Gasteiger partial charge in [0.1, 0.15) is 29.9 Å². The van der Waals surface area contributed by atoms with Gasteiger partial charge in [0.15, 0.2) is 4.80 Å². The van der Waals surface area contributed by atoms with Crippen LogP contribution in [0.2, 0.25) is 10.0 Å². The molecule has 1 aliphatic rings. The first kappa shape index (κ1) is 30.4. The minimum absolute atomic E-state index is 0.176. The highest BCUT2D eigenvalue weighted by molar-refractivity contribution is 7.07. The van der Waals surface area contributed by atoms with Crippen LogP contribution in [-0.4, -0.2) is 31.4 Å². The number of halogens is 2. The third kappa shape index (κ3) is 6.34. The van der Waals surface area contributed by atoms with E-state index in [1.807, 2.05) is 30.3 Å². The maximum absolute atomic E-state index is 14.0. The van der Waals surface area contributed by atoms with Crippen molar-refractivity contribution in [1.82, 2.24) is 4.57 Å². The van der Waals surface area contributed by atoms with Crippen molar-refractivity contribution in [3.05, 3.63) is 118 Å². The molecular weight excluding hydrogens is 611 g/mol. The molecule has 0 N–H and O–H groups in total. The predicted octanol–water partition coefficient (Wildman–Crippen LogP) is 5.70. The van der Waals surface area contributed by atoms with Gasteiger partial charge in [-0.2, -0.15) is 0 Å². The van der Waals surface area contributed by atoms with Gasteiger partial charge in [0, 0.05) is 27.2 Å². The van der Waals surface area contributed by atoms with Crippen molar-refractivity contribution >= 4 is 46.6 Å². The van der Waals surface area contributed by atoms with Crippen LogP contribution in [0.3, 0.4) is 0 Å². The number of benzene rings is 3. The number of ether oxygens (including phenoxy) is 4. The summed E-state index contributed by atoms with van der Waals surface area (Å²) < 4.78 is 24.3. The third-order valence-electron chi connectivity index (χ3n) is 6.82. The summed E-state index contributed by atoms with van der Waals surface area (Å²) in [5.41, 5.74) is 2.58. The second-order valence-corrected chi connectivity index (χ2v) is 11.4. The van der Waals surface area contributed by atoms with Crippen LogP contribution >= 0.6 is 34.5 Å². The number of aromatic nitrogens is 1. The molecule has 0 saturated carbocycles. The summed E-state index contributed by atoms with van der Waals surface area (Å²) in [6.45, 7) is 3.89. The molecule has 0 bridgehead atoms. The van der Waals surface area contributed by atoms with Gasteiger partial charge >= 0.3 is 5.97 Å². The average molecular weight is 640 g/mol. The van der Waals surface area contributed by atoms with Crippen molar-refractivity contribution in [2.75, 3.05) is 20.8 Å². The van der Waals surface area contributed by atoms with Crippen molar-refractivity contribution in [3.8, 4) is 17.2 Å². The fraction of sp³-hybridized carbons (Fsp3) is 0.219. The number of fused-ring (bicyclic) bond motifs is 1. The van der Waals surface area contributed by atoms with E-state index in [0.717, 1.165) is 11.1 Å². The Morgan fingerprint density at radius 2 is 1.86 bits per heavy atom. The molecule has 1 aromatic heterocycles. The van der Waals surface area contributed by atoms with E-state index in [1.165, 1.54) is 23.0 Å². The molecule has 0 radical (unpaired) electrons. The van der Waals surface area contributed by atoms with Gasteiger partial charge < -0.3 is 18.9 Å². The van der Waals surface area contributed by atoms with Gasteiger partial charge in [0.25, 0.3) is 5.56 Å². The number of carbonyl (C=O) groups is 1. The SMILES string of the molecule is CCOC(=O)C1=C(C)N=c2s/c(=C\c3cccc(OCc4ccc(Cl)cc4Cl)c3)c(=O)n2[C@@H]1c1ccc(OC)cc1OC. The molecule has 1 aliphatic heterocycles. The Bertz CT molecular complexity index is 1910. The maximum Gasteiger partial charge on any atom is 0.338 e. The van der Waals surface area contributed by atoms with E-state index < -0.39 is 12.0 Å². The lowest BCUT2D eigenvalue weighted by Gasteiger charge is -2.26. The Hall–Kier alpha value is -4.05. The molecule has 2 heterocycles. The Balaban J connectivity index is 1.57. The van der Waals surface area contributed by atoms with E-state index in [4.69, 9.17) is 42.1 Å². The normalized spacial score (nSPS) is 14.7. The largest absolute Gasteiger partial charge is 0.497 e. The van der Waals surface area contributed by atoms with E-state index in [9.17, 15) is 9.59 Å². The lowest BCUT2D eigenvalue weighted by molar-refractivity contribution is -0.139. The number of methoxy groups -OCH3 is 2. The minimum Gasteiger partial charge on any atom is -0.497 e. The van der Waals surface area contributed by atoms with Crippen LogP contribution in [-0.2, 0) is 16.1 Å². The molecule has 0 aliphatic carbocycles. The predicted molar refractivity (Wildman–Crippen MR) is 167 cm³/mol. The topological polar surface area (TPSA) is 88.4 Å². The highest BCUT2D eigenvalue weighted by atomic mass is 35.5. The van der Waals surface area contributed by atoms with E-state index in [1.54, 1.807) is 57.4 Å². The summed E-state index contributed by atoms with van der Waals surface area (Å²) in [4.78, 5) is 32.3. The van der Waals surface area contributed by atoms with Crippen LogP contribution in [0.5, 0.6) is 17.2 Å². The summed E-state index contributed by atoms with van der Waals surface area (Å²) >= 11 is 13.5. The van der Waals surface area contributed by atoms with E-state index in [2.05, 4.69) is 4.99 Å². The van der Waals surface area contributed by atoms with Gasteiger partial charge in [-0.1, -0.05) is 52.7 Å². The van der Waals surface area contributed by atoms with Crippen molar-refractivity contribution in [2.45, 2.75) is 26.5 Å². The zero-order valence-corrected chi connectivity index (χ0v) is 26.2. The summed E-state index contributed by atoms with van der Waals surface area (Å²) in [7, 11) is 3.08. The highest BCUT2D eigenvalue weighted by Gasteiger charge is 2.35. The summed E-state index contributed by atoms with van der Waals surface area (Å²) in [6.07, 6.45) is 1.78. The fourth-order valence-electron chi connectivity index (χ4n) is 4.78. The second kappa shape index (κ2) is 13.1. The molecule has 0 spiro atoms. The molecule has 3 aromatic carbocycles.